The first-order chi connectivity index (χ1) is 12.1. The lowest BCUT2D eigenvalue weighted by molar-refractivity contribution is -0.119. The van der Waals surface area contributed by atoms with Crippen LogP contribution in [0.3, 0.4) is 0 Å². The average Bonchev–Trinajstić information content (AvgIpc) is 2.89. The van der Waals surface area contributed by atoms with Gasteiger partial charge >= 0.3 is 5.69 Å². The molecule has 0 saturated carbocycles. The topological polar surface area (TPSA) is 60.1 Å². The number of carbonyl (C=O) groups is 1. The number of para-hydroxylation sites is 2. The Hall–Kier alpha value is -2.41. The van der Waals surface area contributed by atoms with Gasteiger partial charge < -0.3 is 0 Å². The number of imidazole rings is 1. The summed E-state index contributed by atoms with van der Waals surface area (Å²) < 4.78 is 4.06. The highest BCUT2D eigenvalue weighted by Crippen LogP contribution is 2.17. The van der Waals surface area contributed by atoms with Crippen LogP contribution in [0.4, 0.5) is 5.82 Å². The second kappa shape index (κ2) is 7.23. The molecule has 0 aliphatic heterocycles. The molecule has 0 radical (unpaired) electrons. The van der Waals surface area contributed by atoms with Crippen LogP contribution in [-0.2, 0) is 17.9 Å². The van der Waals surface area contributed by atoms with Crippen LogP contribution in [0.2, 0.25) is 0 Å². The summed E-state index contributed by atoms with van der Waals surface area (Å²) in [5.41, 5.74) is 1.44. The third-order valence-corrected chi connectivity index (χ3v) is 4.61. The highest BCUT2D eigenvalue weighted by molar-refractivity contribution is 9.10. The Kier molecular flexibility index (Phi) is 5.03. The van der Waals surface area contributed by atoms with Crippen molar-refractivity contribution in [1.82, 2.24) is 14.1 Å². The Morgan fingerprint density at radius 3 is 2.36 bits per heavy atom. The first-order valence-electron chi connectivity index (χ1n) is 8.16. The van der Waals surface area contributed by atoms with E-state index in [1.165, 1.54) is 4.57 Å². The Bertz CT molecular complexity index is 959. The molecule has 0 saturated heterocycles. The van der Waals surface area contributed by atoms with Crippen molar-refractivity contribution in [3.63, 3.8) is 0 Å². The normalized spacial score (nSPS) is 11.0. The lowest BCUT2D eigenvalue weighted by Gasteiger charge is -2.20. The standard InChI is InChI=1S/C18H19BrN4O2/c1-3-21-14-7-5-6-8-15(14)23(18(21)25)12-17(24)22(4-2)16-10-9-13(19)11-20-16/h5-11H,3-4,12H2,1-2H3. The summed E-state index contributed by atoms with van der Waals surface area (Å²) in [4.78, 5) is 31.4. The number of hydrogen-bond acceptors (Lipinski definition) is 3. The average molecular weight is 403 g/mol. The molecule has 0 unspecified atom stereocenters. The molecule has 130 valence electrons. The second-order valence-corrected chi connectivity index (χ2v) is 6.49. The van der Waals surface area contributed by atoms with E-state index < -0.39 is 0 Å². The molecule has 3 rings (SSSR count). The number of aryl methyl sites for hydroxylation is 1. The van der Waals surface area contributed by atoms with Crippen molar-refractivity contribution in [2.45, 2.75) is 26.9 Å². The van der Waals surface area contributed by atoms with Gasteiger partial charge in [0.2, 0.25) is 5.91 Å². The largest absolute Gasteiger partial charge is 0.329 e. The van der Waals surface area contributed by atoms with E-state index in [0.29, 0.717) is 18.9 Å². The molecule has 1 aromatic carbocycles. The van der Waals surface area contributed by atoms with E-state index in [1.54, 1.807) is 21.7 Å². The Balaban J connectivity index is 1.97. The monoisotopic (exact) mass is 402 g/mol. The maximum Gasteiger partial charge on any atom is 0.329 e. The van der Waals surface area contributed by atoms with Crippen LogP contribution < -0.4 is 10.6 Å². The molecule has 0 atom stereocenters. The molecule has 0 aliphatic carbocycles. The molecule has 0 fully saturated rings. The minimum Gasteiger partial charge on any atom is -0.296 e. The van der Waals surface area contributed by atoms with E-state index in [-0.39, 0.29) is 18.1 Å². The number of hydrogen-bond donors (Lipinski definition) is 0. The quantitative estimate of drug-likeness (QED) is 0.658. The number of rotatable bonds is 5. The summed E-state index contributed by atoms with van der Waals surface area (Å²) >= 11 is 3.34. The zero-order valence-electron chi connectivity index (χ0n) is 14.1. The third kappa shape index (κ3) is 3.24. The Morgan fingerprint density at radius 1 is 1.12 bits per heavy atom. The number of aromatic nitrogens is 3. The lowest BCUT2D eigenvalue weighted by Crippen LogP contribution is -2.37. The van der Waals surface area contributed by atoms with Crippen molar-refractivity contribution in [2.75, 3.05) is 11.4 Å². The predicted molar refractivity (Wildman–Crippen MR) is 102 cm³/mol. The highest BCUT2D eigenvalue weighted by atomic mass is 79.9. The number of carbonyl (C=O) groups excluding carboxylic acids is 1. The molecule has 2 heterocycles. The zero-order chi connectivity index (χ0) is 18.0. The number of pyridine rings is 1. The summed E-state index contributed by atoms with van der Waals surface area (Å²) in [6, 6.07) is 11.2. The molecule has 2 aromatic heterocycles. The maximum absolute atomic E-state index is 12.8. The fourth-order valence-corrected chi connectivity index (χ4v) is 3.18. The van der Waals surface area contributed by atoms with Gasteiger partial charge in [0.25, 0.3) is 0 Å². The van der Waals surface area contributed by atoms with E-state index in [4.69, 9.17) is 0 Å². The maximum atomic E-state index is 12.8. The van der Waals surface area contributed by atoms with Gasteiger partial charge in [0.05, 0.1) is 11.0 Å². The molecule has 3 aromatic rings. The molecule has 0 spiro atoms. The molecular weight excluding hydrogens is 384 g/mol. The van der Waals surface area contributed by atoms with Crippen molar-refractivity contribution in [2.24, 2.45) is 0 Å². The number of likely N-dealkylation sites (N-methyl/N-ethyl adjacent to an activating group) is 1. The number of nitrogens with zero attached hydrogens (tertiary/aromatic N) is 4. The van der Waals surface area contributed by atoms with E-state index in [0.717, 1.165) is 15.5 Å². The van der Waals surface area contributed by atoms with Crippen LogP contribution in [0.5, 0.6) is 0 Å². The van der Waals surface area contributed by atoms with Crippen molar-refractivity contribution in [1.29, 1.82) is 0 Å². The SMILES string of the molecule is CCN(C(=O)Cn1c(=O)n(CC)c2ccccc21)c1ccc(Br)cn1. The molecule has 1 amide bonds. The fourth-order valence-electron chi connectivity index (χ4n) is 2.95. The molecule has 25 heavy (non-hydrogen) atoms. The highest BCUT2D eigenvalue weighted by Gasteiger charge is 2.19. The number of fused-ring (bicyclic) bond motifs is 1. The van der Waals surface area contributed by atoms with Gasteiger partial charge in [0.15, 0.2) is 0 Å². The number of benzene rings is 1. The summed E-state index contributed by atoms with van der Waals surface area (Å²) in [5.74, 6) is 0.404. The van der Waals surface area contributed by atoms with E-state index in [9.17, 15) is 9.59 Å². The summed E-state index contributed by atoms with van der Waals surface area (Å²) in [6.45, 7) is 4.84. The van der Waals surface area contributed by atoms with Gasteiger partial charge in [-0.3, -0.25) is 18.8 Å². The predicted octanol–water partition coefficient (Wildman–Crippen LogP) is 3.03. The molecule has 0 N–H and O–H groups in total. The van der Waals surface area contributed by atoms with Crippen LogP contribution in [0.15, 0.2) is 51.9 Å². The summed E-state index contributed by atoms with van der Waals surface area (Å²) in [7, 11) is 0. The van der Waals surface area contributed by atoms with Gasteiger partial charge in [-0.1, -0.05) is 12.1 Å². The van der Waals surface area contributed by atoms with E-state index in [2.05, 4.69) is 20.9 Å². The van der Waals surface area contributed by atoms with Gasteiger partial charge in [-0.15, -0.1) is 0 Å². The summed E-state index contributed by atoms with van der Waals surface area (Å²) in [5, 5.41) is 0. The smallest absolute Gasteiger partial charge is 0.296 e. The van der Waals surface area contributed by atoms with Gasteiger partial charge in [0, 0.05) is 23.8 Å². The zero-order valence-corrected chi connectivity index (χ0v) is 15.7. The van der Waals surface area contributed by atoms with Crippen molar-refractivity contribution in [3.05, 3.63) is 57.6 Å². The van der Waals surface area contributed by atoms with Crippen LogP contribution >= 0.6 is 15.9 Å². The number of amides is 1. The molecule has 6 nitrogen and oxygen atoms in total. The van der Waals surface area contributed by atoms with Crippen molar-refractivity contribution >= 4 is 38.7 Å². The fraction of sp³-hybridized carbons (Fsp3) is 0.278. The molecule has 7 heteroatoms. The number of halogens is 1. The van der Waals surface area contributed by atoms with Crippen molar-refractivity contribution < 1.29 is 4.79 Å². The van der Waals surface area contributed by atoms with Crippen LogP contribution in [0, 0.1) is 0 Å². The van der Waals surface area contributed by atoms with Crippen LogP contribution in [0.25, 0.3) is 11.0 Å². The molecule has 0 aliphatic rings. The lowest BCUT2D eigenvalue weighted by atomic mass is 10.3. The van der Waals surface area contributed by atoms with Crippen molar-refractivity contribution in [3.8, 4) is 0 Å². The third-order valence-electron chi connectivity index (χ3n) is 4.14. The number of anilines is 1. The van der Waals surface area contributed by atoms with Gasteiger partial charge in [-0.25, -0.2) is 9.78 Å². The van der Waals surface area contributed by atoms with Crippen LogP contribution in [0.1, 0.15) is 13.8 Å². The minimum atomic E-state index is -0.170. The Labute approximate surface area is 153 Å². The molecular formula is C18H19BrN4O2. The summed E-state index contributed by atoms with van der Waals surface area (Å²) in [6.07, 6.45) is 1.65. The van der Waals surface area contributed by atoms with Gasteiger partial charge in [-0.2, -0.15) is 0 Å². The van der Waals surface area contributed by atoms with Crippen LogP contribution in [-0.4, -0.2) is 26.6 Å². The minimum absolute atomic E-state index is 0.0159. The van der Waals surface area contributed by atoms with Gasteiger partial charge in [0.1, 0.15) is 12.4 Å². The van der Waals surface area contributed by atoms with Gasteiger partial charge in [-0.05, 0) is 54.0 Å². The Morgan fingerprint density at radius 2 is 1.80 bits per heavy atom. The second-order valence-electron chi connectivity index (χ2n) is 5.57. The van der Waals surface area contributed by atoms with E-state index >= 15 is 0 Å². The molecule has 0 bridgehead atoms. The first-order valence-corrected chi connectivity index (χ1v) is 8.96. The first kappa shape index (κ1) is 17.4. The van der Waals surface area contributed by atoms with E-state index in [1.807, 2.05) is 44.2 Å².